The van der Waals surface area contributed by atoms with Crippen molar-refractivity contribution in [3.63, 3.8) is 0 Å². The quantitative estimate of drug-likeness (QED) is 0.685. The molecule has 0 aliphatic heterocycles. The van der Waals surface area contributed by atoms with Crippen molar-refractivity contribution in [2.24, 2.45) is 12.8 Å². The van der Waals surface area contributed by atoms with Crippen LogP contribution >= 0.6 is 0 Å². The topological polar surface area (TPSA) is 30.9 Å². The molecule has 0 unspecified atom stereocenters. The lowest BCUT2D eigenvalue weighted by Gasteiger charge is -2.23. The van der Waals surface area contributed by atoms with Crippen LogP contribution in [0.25, 0.3) is 0 Å². The van der Waals surface area contributed by atoms with E-state index in [-0.39, 0.29) is 5.54 Å². The second-order valence-corrected chi connectivity index (χ2v) is 3.28. The van der Waals surface area contributed by atoms with Crippen LogP contribution in [-0.2, 0) is 12.6 Å². The summed E-state index contributed by atoms with van der Waals surface area (Å²) in [5.74, 6) is 0. The van der Waals surface area contributed by atoms with Gasteiger partial charge in [-0.15, -0.1) is 0 Å². The monoisotopic (exact) mass is 152 g/mol. The number of aromatic nitrogens is 1. The van der Waals surface area contributed by atoms with E-state index in [1.165, 1.54) is 5.69 Å². The lowest BCUT2D eigenvalue weighted by molar-refractivity contribution is 0.446. The zero-order valence-electron chi connectivity index (χ0n) is 7.46. The summed E-state index contributed by atoms with van der Waals surface area (Å²) in [4.78, 5) is 0. The van der Waals surface area contributed by atoms with Crippen molar-refractivity contribution < 1.29 is 0 Å². The highest BCUT2D eigenvalue weighted by molar-refractivity contribution is 5.15. The van der Waals surface area contributed by atoms with E-state index in [4.69, 9.17) is 5.73 Å². The number of nitrogens with two attached hydrogens (primary N) is 1. The molecule has 1 atom stereocenters. The molecule has 2 nitrogen and oxygen atoms in total. The minimum atomic E-state index is -0.182. The van der Waals surface area contributed by atoms with Crippen LogP contribution in [0.15, 0.2) is 18.3 Å². The average molecular weight is 152 g/mol. The number of hydrogen-bond donors (Lipinski definition) is 1. The Morgan fingerprint density at radius 1 is 1.64 bits per heavy atom. The van der Waals surface area contributed by atoms with Gasteiger partial charge in [-0.1, -0.05) is 6.92 Å². The lowest BCUT2D eigenvalue weighted by Crippen LogP contribution is -2.33. The summed E-state index contributed by atoms with van der Waals surface area (Å²) in [6.07, 6.45) is 2.99. The van der Waals surface area contributed by atoms with Crippen LogP contribution in [0.1, 0.15) is 26.0 Å². The molecule has 62 valence electrons. The Morgan fingerprint density at radius 3 is 2.64 bits per heavy atom. The van der Waals surface area contributed by atoms with Crippen molar-refractivity contribution in [3.05, 3.63) is 24.0 Å². The predicted molar refractivity (Wildman–Crippen MR) is 47.2 cm³/mol. The zero-order valence-corrected chi connectivity index (χ0v) is 7.46. The molecule has 1 rings (SSSR count). The maximum Gasteiger partial charge on any atom is 0.0532 e. The van der Waals surface area contributed by atoms with Crippen LogP contribution in [0.4, 0.5) is 0 Å². The maximum absolute atomic E-state index is 6.06. The zero-order chi connectivity index (χ0) is 8.48. The molecule has 1 aromatic rings. The largest absolute Gasteiger partial charge is 0.353 e. The van der Waals surface area contributed by atoms with Crippen LogP contribution in [-0.4, -0.2) is 4.57 Å². The molecule has 1 heterocycles. The van der Waals surface area contributed by atoms with Gasteiger partial charge < -0.3 is 10.3 Å². The van der Waals surface area contributed by atoms with Crippen LogP contribution in [0.5, 0.6) is 0 Å². The smallest absolute Gasteiger partial charge is 0.0532 e. The Hall–Kier alpha value is -0.760. The number of hydrogen-bond acceptors (Lipinski definition) is 1. The third-order valence-electron chi connectivity index (χ3n) is 2.26. The summed E-state index contributed by atoms with van der Waals surface area (Å²) < 4.78 is 2.07. The van der Waals surface area contributed by atoms with E-state index >= 15 is 0 Å². The van der Waals surface area contributed by atoms with Crippen molar-refractivity contribution in [2.75, 3.05) is 0 Å². The molecule has 2 heteroatoms. The van der Waals surface area contributed by atoms with Crippen molar-refractivity contribution in [1.82, 2.24) is 4.57 Å². The second-order valence-electron chi connectivity index (χ2n) is 3.28. The Bertz CT molecular complexity index is 235. The van der Waals surface area contributed by atoms with E-state index in [0.717, 1.165) is 6.42 Å². The first-order valence-electron chi connectivity index (χ1n) is 3.98. The first-order chi connectivity index (χ1) is 5.08. The molecule has 0 saturated heterocycles. The molecule has 0 bridgehead atoms. The van der Waals surface area contributed by atoms with E-state index in [0.29, 0.717) is 0 Å². The Morgan fingerprint density at radius 2 is 2.27 bits per heavy atom. The van der Waals surface area contributed by atoms with Gasteiger partial charge in [0.15, 0.2) is 0 Å². The average Bonchev–Trinajstić information content (AvgIpc) is 2.36. The highest BCUT2D eigenvalue weighted by Gasteiger charge is 2.20. The predicted octanol–water partition coefficient (Wildman–Crippen LogP) is 1.61. The fourth-order valence-corrected chi connectivity index (χ4v) is 1.24. The fourth-order valence-electron chi connectivity index (χ4n) is 1.24. The summed E-state index contributed by atoms with van der Waals surface area (Å²) in [6, 6.07) is 4.10. The van der Waals surface area contributed by atoms with Gasteiger partial charge in [0.1, 0.15) is 0 Å². The van der Waals surface area contributed by atoms with Crippen molar-refractivity contribution in [3.8, 4) is 0 Å². The van der Waals surface area contributed by atoms with Gasteiger partial charge in [0.05, 0.1) is 5.54 Å². The summed E-state index contributed by atoms with van der Waals surface area (Å²) in [7, 11) is 2.02. The van der Waals surface area contributed by atoms with Crippen molar-refractivity contribution in [2.45, 2.75) is 25.8 Å². The summed E-state index contributed by atoms with van der Waals surface area (Å²) >= 11 is 0. The molecule has 11 heavy (non-hydrogen) atoms. The van der Waals surface area contributed by atoms with E-state index in [2.05, 4.69) is 24.5 Å². The van der Waals surface area contributed by atoms with Gasteiger partial charge in [-0.05, 0) is 25.5 Å². The van der Waals surface area contributed by atoms with Crippen LogP contribution in [0.2, 0.25) is 0 Å². The molecular weight excluding hydrogens is 136 g/mol. The third-order valence-corrected chi connectivity index (χ3v) is 2.26. The molecule has 2 N–H and O–H groups in total. The molecule has 0 radical (unpaired) electrons. The molecule has 1 aromatic heterocycles. The minimum absolute atomic E-state index is 0.182. The fraction of sp³-hybridized carbons (Fsp3) is 0.556. The molecule has 0 aliphatic carbocycles. The molecule has 0 spiro atoms. The Labute approximate surface area is 68.0 Å². The molecular formula is C9H16N2. The summed E-state index contributed by atoms with van der Waals surface area (Å²) in [5.41, 5.74) is 7.07. The van der Waals surface area contributed by atoms with Gasteiger partial charge in [0, 0.05) is 18.9 Å². The van der Waals surface area contributed by atoms with E-state index in [1.54, 1.807) is 0 Å². The Balaban J connectivity index is 3.00. The van der Waals surface area contributed by atoms with Crippen LogP contribution < -0.4 is 5.73 Å². The summed E-state index contributed by atoms with van der Waals surface area (Å²) in [5, 5.41) is 0. The second kappa shape index (κ2) is 2.70. The first-order valence-corrected chi connectivity index (χ1v) is 3.98. The maximum atomic E-state index is 6.06. The molecule has 0 saturated carbocycles. The van der Waals surface area contributed by atoms with Gasteiger partial charge in [-0.2, -0.15) is 0 Å². The third kappa shape index (κ3) is 1.46. The normalized spacial score (nSPS) is 16.4. The van der Waals surface area contributed by atoms with Gasteiger partial charge in [0.2, 0.25) is 0 Å². The van der Waals surface area contributed by atoms with Crippen molar-refractivity contribution >= 4 is 0 Å². The highest BCUT2D eigenvalue weighted by Crippen LogP contribution is 2.20. The van der Waals surface area contributed by atoms with E-state index < -0.39 is 0 Å². The number of nitrogens with zero attached hydrogens (tertiary/aromatic N) is 1. The molecule has 0 amide bonds. The van der Waals surface area contributed by atoms with Gasteiger partial charge in [0.25, 0.3) is 0 Å². The van der Waals surface area contributed by atoms with Crippen molar-refractivity contribution in [1.29, 1.82) is 0 Å². The van der Waals surface area contributed by atoms with Gasteiger partial charge >= 0.3 is 0 Å². The van der Waals surface area contributed by atoms with Crippen LogP contribution in [0, 0.1) is 0 Å². The lowest BCUT2D eigenvalue weighted by atomic mass is 9.96. The first kappa shape index (κ1) is 8.34. The number of aryl methyl sites for hydroxylation is 1. The standard InChI is InChI=1S/C9H16N2/c1-4-9(2,10)8-6-5-7-11(8)3/h5-7H,4,10H2,1-3H3/t9-/m0/s1. The molecule has 0 aliphatic rings. The molecule has 0 fully saturated rings. The SMILES string of the molecule is CC[C@](C)(N)c1cccn1C. The minimum Gasteiger partial charge on any atom is -0.353 e. The molecule has 0 aromatic carbocycles. The number of rotatable bonds is 2. The van der Waals surface area contributed by atoms with E-state index in [1.807, 2.05) is 19.3 Å². The van der Waals surface area contributed by atoms with Crippen LogP contribution in [0.3, 0.4) is 0 Å². The van der Waals surface area contributed by atoms with Gasteiger partial charge in [-0.3, -0.25) is 0 Å². The Kier molecular flexibility index (Phi) is 2.05. The summed E-state index contributed by atoms with van der Waals surface area (Å²) in [6.45, 7) is 4.16. The van der Waals surface area contributed by atoms with E-state index in [9.17, 15) is 0 Å². The van der Waals surface area contributed by atoms with Gasteiger partial charge in [-0.25, -0.2) is 0 Å². The highest BCUT2D eigenvalue weighted by atomic mass is 15.0.